The van der Waals surface area contributed by atoms with E-state index in [9.17, 15) is 5.21 Å². The number of halogens is 1. The standard InChI is InChI=1S/C26H35ClN3OS/c1-4-8-25(23-11-5-6-12-24(23)27)28-26-18-29(15-13-20(26)2)16-14-21-9-7-10-22(17-21)19-30(3,31)32/h5-12,17,28,31-32H,4,13-16,18-19H2,1-3H3/q+1/b25-8-. The topological polar surface area (TPSA) is 35.5 Å². The third kappa shape index (κ3) is 7.39. The van der Waals surface area contributed by atoms with Gasteiger partial charge in [-0.05, 0) is 43.9 Å². The maximum absolute atomic E-state index is 9.93. The number of rotatable bonds is 9. The summed E-state index contributed by atoms with van der Waals surface area (Å²) < 4.78 is -0.353. The van der Waals surface area contributed by atoms with E-state index in [2.05, 4.69) is 67.2 Å². The lowest BCUT2D eigenvalue weighted by Gasteiger charge is -2.31. The van der Waals surface area contributed by atoms with Crippen molar-refractivity contribution in [3.63, 3.8) is 0 Å². The highest BCUT2D eigenvalue weighted by atomic mass is 35.5. The molecule has 0 spiro atoms. The van der Waals surface area contributed by atoms with Crippen LogP contribution in [0, 0.1) is 0 Å². The van der Waals surface area contributed by atoms with Crippen LogP contribution >= 0.6 is 24.4 Å². The van der Waals surface area contributed by atoms with Gasteiger partial charge in [-0.25, -0.2) is 5.21 Å². The van der Waals surface area contributed by atoms with Gasteiger partial charge in [0, 0.05) is 47.2 Å². The van der Waals surface area contributed by atoms with Crippen LogP contribution in [0.15, 0.2) is 65.9 Å². The zero-order valence-corrected chi connectivity index (χ0v) is 21.0. The number of hydrogen-bond acceptors (Lipinski definition) is 4. The van der Waals surface area contributed by atoms with E-state index in [-0.39, 0.29) is 4.05 Å². The van der Waals surface area contributed by atoms with Crippen LogP contribution in [0.4, 0.5) is 0 Å². The van der Waals surface area contributed by atoms with Crippen LogP contribution in [0.3, 0.4) is 0 Å². The van der Waals surface area contributed by atoms with Crippen molar-refractivity contribution in [3.05, 3.63) is 87.6 Å². The lowest BCUT2D eigenvalue weighted by molar-refractivity contribution is -0.985. The van der Waals surface area contributed by atoms with Crippen molar-refractivity contribution in [2.24, 2.45) is 0 Å². The highest BCUT2D eigenvalue weighted by molar-refractivity contribution is 7.74. The molecule has 1 aliphatic heterocycles. The quantitative estimate of drug-likeness (QED) is 0.235. The number of nitrogens with zero attached hydrogens (tertiary/aromatic N) is 2. The summed E-state index contributed by atoms with van der Waals surface area (Å²) in [4.78, 5) is 2.50. The Bertz CT molecular complexity index is 981. The summed E-state index contributed by atoms with van der Waals surface area (Å²) in [7, 11) is 1.66. The Labute approximate surface area is 203 Å². The van der Waals surface area contributed by atoms with Gasteiger partial charge in [0.05, 0.1) is 12.8 Å². The van der Waals surface area contributed by atoms with E-state index in [1.54, 1.807) is 7.05 Å². The molecule has 172 valence electrons. The predicted octanol–water partition coefficient (Wildman–Crippen LogP) is 6.08. The number of thiol groups is 1. The SMILES string of the molecule is CC/C=C(\NC1=C(C)CCN(CCc2cccc(C[N+](C)(O)S)c2)C1)c1ccccc1Cl. The molecule has 2 aromatic rings. The van der Waals surface area contributed by atoms with Gasteiger partial charge in [0.15, 0.2) is 0 Å². The van der Waals surface area contributed by atoms with Gasteiger partial charge in [0.25, 0.3) is 0 Å². The highest BCUT2D eigenvalue weighted by Gasteiger charge is 2.19. The molecule has 0 saturated carbocycles. The Hall–Kier alpha value is -1.76. The Morgan fingerprint density at radius 2 is 1.97 bits per heavy atom. The Morgan fingerprint density at radius 3 is 2.69 bits per heavy atom. The number of benzene rings is 2. The maximum Gasteiger partial charge on any atom is 0.145 e. The molecule has 2 N–H and O–H groups in total. The van der Waals surface area contributed by atoms with Crippen LogP contribution < -0.4 is 5.32 Å². The van der Waals surface area contributed by atoms with Crippen LogP contribution in [0.25, 0.3) is 5.70 Å². The van der Waals surface area contributed by atoms with E-state index in [4.69, 9.17) is 11.6 Å². The van der Waals surface area contributed by atoms with Gasteiger partial charge in [0.1, 0.15) is 13.6 Å². The summed E-state index contributed by atoms with van der Waals surface area (Å²) in [5.41, 5.74) is 7.18. The van der Waals surface area contributed by atoms with Crippen LogP contribution in [0.2, 0.25) is 5.02 Å². The molecular weight excluding hydrogens is 438 g/mol. The Kier molecular flexibility index (Phi) is 8.86. The number of quaternary nitrogens is 1. The van der Waals surface area contributed by atoms with Gasteiger partial charge < -0.3 is 5.32 Å². The largest absolute Gasteiger partial charge is 0.358 e. The first-order chi connectivity index (χ1) is 15.2. The van der Waals surface area contributed by atoms with Gasteiger partial charge in [-0.1, -0.05) is 66.6 Å². The van der Waals surface area contributed by atoms with Crippen molar-refractivity contribution in [2.75, 3.05) is 26.7 Å². The first kappa shape index (κ1) is 24.9. The zero-order chi connectivity index (χ0) is 23.1. The molecule has 2 aromatic carbocycles. The fourth-order valence-corrected chi connectivity index (χ4v) is 4.44. The van der Waals surface area contributed by atoms with E-state index in [0.717, 1.165) is 60.7 Å². The fraction of sp³-hybridized carbons (Fsp3) is 0.385. The number of allylic oxidation sites excluding steroid dienone is 1. The summed E-state index contributed by atoms with van der Waals surface area (Å²) in [6.07, 6.45) is 5.19. The minimum absolute atomic E-state index is 0.353. The van der Waals surface area contributed by atoms with E-state index in [0.29, 0.717) is 6.54 Å². The summed E-state index contributed by atoms with van der Waals surface area (Å²) in [6.45, 7) is 7.81. The highest BCUT2D eigenvalue weighted by Crippen LogP contribution is 2.25. The molecule has 32 heavy (non-hydrogen) atoms. The van der Waals surface area contributed by atoms with Crippen molar-refractivity contribution in [3.8, 4) is 0 Å². The smallest absolute Gasteiger partial charge is 0.145 e. The number of nitrogens with one attached hydrogen (secondary N) is 1. The third-order valence-corrected chi connectivity index (χ3v) is 6.22. The van der Waals surface area contributed by atoms with Crippen LogP contribution in [-0.4, -0.2) is 40.8 Å². The van der Waals surface area contributed by atoms with Crippen LogP contribution in [0.5, 0.6) is 0 Å². The fourth-order valence-electron chi connectivity index (χ4n) is 4.04. The van der Waals surface area contributed by atoms with Crippen molar-refractivity contribution >= 4 is 30.1 Å². The first-order valence-electron chi connectivity index (χ1n) is 11.3. The number of hydroxylamine groups is 2. The summed E-state index contributed by atoms with van der Waals surface area (Å²) in [6, 6.07) is 16.4. The molecule has 0 aromatic heterocycles. The molecule has 0 saturated heterocycles. The molecule has 4 nitrogen and oxygen atoms in total. The molecule has 3 rings (SSSR count). The van der Waals surface area contributed by atoms with Crippen LogP contribution in [0.1, 0.15) is 43.4 Å². The summed E-state index contributed by atoms with van der Waals surface area (Å²) in [5.74, 6) is 0. The van der Waals surface area contributed by atoms with Crippen LogP contribution in [-0.2, 0) is 13.0 Å². The second kappa shape index (κ2) is 11.4. The molecule has 0 fully saturated rings. The van der Waals surface area contributed by atoms with E-state index in [1.165, 1.54) is 16.8 Å². The first-order valence-corrected chi connectivity index (χ1v) is 12.0. The van der Waals surface area contributed by atoms with Gasteiger partial charge in [-0.15, -0.1) is 4.05 Å². The normalized spacial score (nSPS) is 17.4. The van der Waals surface area contributed by atoms with E-state index >= 15 is 0 Å². The average Bonchev–Trinajstić information content (AvgIpc) is 2.73. The minimum atomic E-state index is -0.353. The average molecular weight is 473 g/mol. The Morgan fingerprint density at radius 1 is 1.22 bits per heavy atom. The second-order valence-corrected chi connectivity index (χ2v) is 10.0. The molecule has 1 unspecified atom stereocenters. The number of hydrogen-bond donors (Lipinski definition) is 3. The predicted molar refractivity (Wildman–Crippen MR) is 137 cm³/mol. The van der Waals surface area contributed by atoms with Gasteiger partial charge in [-0.3, -0.25) is 4.90 Å². The van der Waals surface area contributed by atoms with Crippen molar-refractivity contribution in [2.45, 2.75) is 39.7 Å². The molecular formula is C26H35ClN3OS+. The summed E-state index contributed by atoms with van der Waals surface area (Å²) >= 11 is 10.7. The lowest BCUT2D eigenvalue weighted by Crippen LogP contribution is -2.37. The molecule has 0 amide bonds. The lowest BCUT2D eigenvalue weighted by atomic mass is 10.0. The molecule has 6 heteroatoms. The molecule has 0 bridgehead atoms. The van der Waals surface area contributed by atoms with Crippen molar-refractivity contribution in [1.29, 1.82) is 0 Å². The molecule has 1 heterocycles. The van der Waals surface area contributed by atoms with E-state index < -0.39 is 0 Å². The molecule has 1 atom stereocenters. The maximum atomic E-state index is 9.93. The Balaban J connectivity index is 1.65. The monoisotopic (exact) mass is 472 g/mol. The second-order valence-electron chi connectivity index (χ2n) is 8.73. The third-order valence-electron chi connectivity index (χ3n) is 5.75. The summed E-state index contributed by atoms with van der Waals surface area (Å²) in [5, 5.41) is 14.4. The van der Waals surface area contributed by atoms with Crippen molar-refractivity contribution in [1.82, 2.24) is 10.2 Å². The van der Waals surface area contributed by atoms with Gasteiger partial charge in [0.2, 0.25) is 0 Å². The minimum Gasteiger partial charge on any atom is -0.358 e. The molecule has 1 aliphatic rings. The van der Waals surface area contributed by atoms with Crippen molar-refractivity contribution < 1.29 is 9.26 Å². The molecule has 0 radical (unpaired) electrons. The van der Waals surface area contributed by atoms with E-state index in [1.807, 2.05) is 24.3 Å². The van der Waals surface area contributed by atoms with Gasteiger partial charge in [-0.2, -0.15) is 0 Å². The zero-order valence-electron chi connectivity index (χ0n) is 19.3. The van der Waals surface area contributed by atoms with Gasteiger partial charge >= 0.3 is 0 Å². The molecule has 0 aliphatic carbocycles.